The van der Waals surface area contributed by atoms with Crippen molar-refractivity contribution in [2.45, 2.75) is 88.2 Å². The Morgan fingerprint density at radius 2 is 2.00 bits per heavy atom. The first kappa shape index (κ1) is 34.7. The number of aliphatic hydroxyl groups is 1. The van der Waals surface area contributed by atoms with Gasteiger partial charge in [-0.15, -0.1) is 6.42 Å². The standard InChI is InChI=1S/C39H45F2N7O3/c1-4-31-33(41)12-9-25-18-30(49)23-47(36(25)31)29-10-11-32-34(19-29)44-38(45-37(32)46-17-7-6-8-27(22-46)43-35(50)5-2)51-24-39(3)20-26(40)21-48(39)28-13-15-42-16-14-28/h1,5,9,12-16,26-27,29-30,49H,2,6-8,10-11,17-24H2,3H3,(H,43,50)/t26-,27?,29+,30+,39+/m1/s1. The maximum Gasteiger partial charge on any atom is 0.318 e. The highest BCUT2D eigenvalue weighted by Crippen LogP contribution is 2.40. The molecule has 5 atom stereocenters. The fraction of sp³-hybridized carbons (Fsp3) is 0.487. The third kappa shape index (κ3) is 7.09. The van der Waals surface area contributed by atoms with E-state index in [1.807, 2.05) is 24.0 Å². The third-order valence-corrected chi connectivity index (χ3v) is 10.8. The molecule has 3 aromatic rings. The number of halogens is 2. The van der Waals surface area contributed by atoms with Crippen molar-refractivity contribution in [3.05, 3.63) is 77.5 Å². The number of ether oxygens (including phenoxy) is 1. The number of hydrogen-bond donors (Lipinski definition) is 2. The van der Waals surface area contributed by atoms with E-state index in [0.29, 0.717) is 38.0 Å². The fourth-order valence-electron chi connectivity index (χ4n) is 8.44. The first-order valence-electron chi connectivity index (χ1n) is 17.9. The van der Waals surface area contributed by atoms with Gasteiger partial charge in [-0.3, -0.25) is 9.78 Å². The maximum absolute atomic E-state index is 15.0. The number of hydrogen-bond acceptors (Lipinski definition) is 9. The Hall–Kier alpha value is -4.76. The summed E-state index contributed by atoms with van der Waals surface area (Å²) in [6, 6.07) is 6.85. The van der Waals surface area contributed by atoms with E-state index >= 15 is 4.39 Å². The maximum atomic E-state index is 15.0. The predicted octanol–water partition coefficient (Wildman–Crippen LogP) is 4.32. The van der Waals surface area contributed by atoms with Crippen LogP contribution >= 0.6 is 0 Å². The van der Waals surface area contributed by atoms with Crippen LogP contribution < -0.4 is 24.8 Å². The number of pyridine rings is 1. The largest absolute Gasteiger partial charge is 0.461 e. The van der Waals surface area contributed by atoms with Crippen LogP contribution in [0.1, 0.15) is 61.4 Å². The summed E-state index contributed by atoms with van der Waals surface area (Å²) in [5, 5.41) is 14.0. The Kier molecular flexibility index (Phi) is 9.84. The lowest BCUT2D eigenvalue weighted by Crippen LogP contribution is -2.48. The summed E-state index contributed by atoms with van der Waals surface area (Å²) in [4.78, 5) is 32.7. The smallest absolute Gasteiger partial charge is 0.318 e. The topological polar surface area (TPSA) is 107 Å². The quantitative estimate of drug-likeness (QED) is 0.263. The van der Waals surface area contributed by atoms with E-state index in [1.54, 1.807) is 18.5 Å². The molecule has 1 aliphatic carbocycles. The highest BCUT2D eigenvalue weighted by atomic mass is 19.1. The molecule has 0 spiro atoms. The molecule has 4 aliphatic rings. The lowest BCUT2D eigenvalue weighted by Gasteiger charge is -2.42. The highest BCUT2D eigenvalue weighted by molar-refractivity contribution is 5.87. The van der Waals surface area contributed by atoms with Gasteiger partial charge in [0.15, 0.2) is 0 Å². The monoisotopic (exact) mass is 697 g/mol. The van der Waals surface area contributed by atoms with Gasteiger partial charge < -0.3 is 29.9 Å². The molecule has 0 radical (unpaired) electrons. The second-order valence-electron chi connectivity index (χ2n) is 14.5. The number of alkyl halides is 1. The number of β-amino-alcohol motifs (C(OH)–C–C–N with tert-alkyl or cyclic N) is 1. The fourth-order valence-corrected chi connectivity index (χ4v) is 8.44. The van der Waals surface area contributed by atoms with Crippen molar-refractivity contribution in [3.63, 3.8) is 0 Å². The number of amides is 1. The Morgan fingerprint density at radius 1 is 1.18 bits per heavy atom. The van der Waals surface area contributed by atoms with Gasteiger partial charge in [-0.2, -0.15) is 9.97 Å². The van der Waals surface area contributed by atoms with Gasteiger partial charge in [-0.1, -0.05) is 18.6 Å². The summed E-state index contributed by atoms with van der Waals surface area (Å²) < 4.78 is 36.4. The Bertz CT molecular complexity index is 1820. The average molecular weight is 698 g/mol. The summed E-state index contributed by atoms with van der Waals surface area (Å²) in [6.07, 6.45) is 14.2. The van der Waals surface area contributed by atoms with Crippen molar-refractivity contribution in [2.24, 2.45) is 0 Å². The van der Waals surface area contributed by atoms with Gasteiger partial charge in [0.1, 0.15) is 24.4 Å². The van der Waals surface area contributed by atoms with Crippen LogP contribution in [0.4, 0.5) is 26.0 Å². The number of terminal acetylenes is 1. The van der Waals surface area contributed by atoms with Crippen molar-refractivity contribution >= 4 is 23.1 Å². The number of fused-ring (bicyclic) bond motifs is 2. The van der Waals surface area contributed by atoms with Crippen molar-refractivity contribution in [1.82, 2.24) is 20.3 Å². The molecule has 0 saturated carbocycles. The van der Waals surface area contributed by atoms with E-state index in [0.717, 1.165) is 60.6 Å². The zero-order valence-electron chi connectivity index (χ0n) is 29.0. The first-order valence-corrected chi connectivity index (χ1v) is 17.9. The van der Waals surface area contributed by atoms with Crippen molar-refractivity contribution < 1.29 is 23.4 Å². The van der Waals surface area contributed by atoms with Crippen molar-refractivity contribution in [3.8, 4) is 18.4 Å². The zero-order chi connectivity index (χ0) is 35.7. The van der Waals surface area contributed by atoms with Crippen LogP contribution in [-0.2, 0) is 24.1 Å². The molecular formula is C39H45F2N7O3. The van der Waals surface area contributed by atoms with Crippen LogP contribution in [0.5, 0.6) is 6.01 Å². The minimum atomic E-state index is -1.02. The number of carbonyl (C=O) groups is 1. The van der Waals surface area contributed by atoms with Gasteiger partial charge in [-0.25, -0.2) is 8.78 Å². The normalized spacial score (nSPS) is 26.1. The molecule has 2 N–H and O–H groups in total. The molecule has 1 unspecified atom stereocenters. The molecule has 2 aromatic heterocycles. The van der Waals surface area contributed by atoms with E-state index in [4.69, 9.17) is 21.1 Å². The lowest BCUT2D eigenvalue weighted by atomic mass is 9.87. The van der Waals surface area contributed by atoms with Crippen molar-refractivity contribution in [1.29, 1.82) is 0 Å². The van der Waals surface area contributed by atoms with Gasteiger partial charge in [0.25, 0.3) is 0 Å². The van der Waals surface area contributed by atoms with E-state index < -0.39 is 23.6 Å². The number of nitrogens with zero attached hydrogens (tertiary/aromatic N) is 6. The van der Waals surface area contributed by atoms with E-state index in [9.17, 15) is 14.3 Å². The molecule has 5 heterocycles. The van der Waals surface area contributed by atoms with Gasteiger partial charge in [0.2, 0.25) is 5.91 Å². The summed E-state index contributed by atoms with van der Waals surface area (Å²) in [5.41, 5.74) is 3.75. The molecule has 2 fully saturated rings. The van der Waals surface area contributed by atoms with Crippen LogP contribution in [0, 0.1) is 18.2 Å². The zero-order valence-corrected chi connectivity index (χ0v) is 29.0. The van der Waals surface area contributed by atoms with Crippen LogP contribution in [0.3, 0.4) is 0 Å². The number of benzene rings is 1. The van der Waals surface area contributed by atoms with Gasteiger partial charge >= 0.3 is 6.01 Å². The van der Waals surface area contributed by atoms with E-state index in [1.165, 1.54) is 12.1 Å². The minimum Gasteiger partial charge on any atom is -0.461 e. The number of rotatable bonds is 8. The van der Waals surface area contributed by atoms with Crippen LogP contribution in [0.25, 0.3) is 0 Å². The van der Waals surface area contributed by atoms with Gasteiger partial charge in [0, 0.05) is 81.2 Å². The Labute approximate surface area is 297 Å². The SMILES string of the molecule is C#Cc1c(F)ccc2c1N([C@H]1CCc3c(nc(OC[C@]4(C)C[C@@H](F)CN4c4ccncc4)nc3N3CCCCC(NC(=O)C=C)C3)C1)C[C@@H](O)C2. The number of aromatic nitrogens is 3. The van der Waals surface area contributed by atoms with Crippen molar-refractivity contribution in [2.75, 3.05) is 47.5 Å². The minimum absolute atomic E-state index is 0.0828. The molecule has 2 saturated heterocycles. The summed E-state index contributed by atoms with van der Waals surface area (Å²) in [5.74, 6) is 2.67. The molecule has 51 heavy (non-hydrogen) atoms. The molecule has 1 aromatic carbocycles. The molecule has 12 heteroatoms. The summed E-state index contributed by atoms with van der Waals surface area (Å²) in [7, 11) is 0. The number of carbonyl (C=O) groups excluding carboxylic acids is 1. The number of anilines is 3. The molecule has 1 amide bonds. The highest BCUT2D eigenvalue weighted by Gasteiger charge is 2.44. The Morgan fingerprint density at radius 3 is 2.78 bits per heavy atom. The first-order chi connectivity index (χ1) is 24.7. The molecule has 10 nitrogen and oxygen atoms in total. The average Bonchev–Trinajstić information content (AvgIpc) is 3.27. The molecule has 0 bridgehead atoms. The number of aliphatic hydroxyl groups excluding tert-OH is 1. The predicted molar refractivity (Wildman–Crippen MR) is 192 cm³/mol. The summed E-state index contributed by atoms with van der Waals surface area (Å²) >= 11 is 0. The molecule has 268 valence electrons. The van der Waals surface area contributed by atoms with Gasteiger partial charge in [-0.05, 0) is 68.9 Å². The molecular weight excluding hydrogens is 652 g/mol. The van der Waals surface area contributed by atoms with Crippen LogP contribution in [0.15, 0.2) is 49.3 Å². The second-order valence-corrected chi connectivity index (χ2v) is 14.5. The van der Waals surface area contributed by atoms with Crippen LogP contribution in [-0.4, -0.2) is 88.6 Å². The molecule has 7 rings (SSSR count). The van der Waals surface area contributed by atoms with E-state index in [-0.39, 0.29) is 49.1 Å². The van der Waals surface area contributed by atoms with Gasteiger partial charge in [0.05, 0.1) is 28.6 Å². The van der Waals surface area contributed by atoms with E-state index in [2.05, 4.69) is 32.6 Å². The number of nitrogens with one attached hydrogen (secondary N) is 1. The lowest BCUT2D eigenvalue weighted by molar-refractivity contribution is -0.117. The third-order valence-electron chi connectivity index (χ3n) is 10.8. The second kappa shape index (κ2) is 14.5. The van der Waals surface area contributed by atoms with Crippen LogP contribution in [0.2, 0.25) is 0 Å². The molecule has 3 aliphatic heterocycles. The summed E-state index contributed by atoms with van der Waals surface area (Å²) in [6.45, 7) is 7.67. The Balaban J connectivity index is 1.23.